The number of likely N-dealkylation sites (N-methyl/N-ethyl adjacent to an activating group) is 1. The highest BCUT2D eigenvalue weighted by Crippen LogP contribution is 2.38. The van der Waals surface area contributed by atoms with Crippen LogP contribution < -0.4 is 4.74 Å². The van der Waals surface area contributed by atoms with Gasteiger partial charge in [-0.3, -0.25) is 4.90 Å². The van der Waals surface area contributed by atoms with Crippen LogP contribution >= 0.6 is 0 Å². The predicted octanol–water partition coefficient (Wildman–Crippen LogP) is 7.63. The number of aryl methyl sites for hydroxylation is 3. The number of fused-ring (bicyclic) bond motifs is 2. The molecule has 230 valence electrons. The van der Waals surface area contributed by atoms with Gasteiger partial charge in [-0.2, -0.15) is 0 Å². The van der Waals surface area contributed by atoms with Crippen LogP contribution in [0.5, 0.6) is 5.75 Å². The Labute approximate surface area is 262 Å². The molecule has 0 bridgehead atoms. The molecule has 0 amide bonds. The topological polar surface area (TPSA) is 48.0 Å². The molecular weight excluding hydrogens is 546 g/mol. The molecule has 2 atom stereocenters. The van der Waals surface area contributed by atoms with Crippen molar-refractivity contribution in [2.45, 2.75) is 58.6 Å². The van der Waals surface area contributed by atoms with Crippen molar-refractivity contribution < 1.29 is 19.0 Å². The number of hydrogen-bond donors (Lipinski definition) is 0. The third-order valence-corrected chi connectivity index (χ3v) is 8.54. The summed E-state index contributed by atoms with van der Waals surface area (Å²) in [5.41, 5.74) is 10.5. The average Bonchev–Trinajstić information content (AvgIpc) is 3.21. The van der Waals surface area contributed by atoms with E-state index in [1.54, 1.807) is 0 Å². The summed E-state index contributed by atoms with van der Waals surface area (Å²) in [6.07, 6.45) is 3.01. The lowest BCUT2D eigenvalue weighted by Gasteiger charge is -2.31. The second kappa shape index (κ2) is 15.2. The Morgan fingerprint density at radius 1 is 0.795 bits per heavy atom. The molecule has 1 aliphatic rings. The lowest BCUT2D eigenvalue weighted by atomic mass is 9.90. The molecule has 4 aromatic carbocycles. The molecule has 0 N–H and O–H groups in total. The van der Waals surface area contributed by atoms with E-state index in [9.17, 15) is 4.79 Å². The van der Waals surface area contributed by atoms with Crippen molar-refractivity contribution in [2.24, 2.45) is 0 Å². The van der Waals surface area contributed by atoms with E-state index in [-0.39, 0.29) is 12.0 Å². The first-order valence-corrected chi connectivity index (χ1v) is 16.0. The Kier molecular flexibility index (Phi) is 10.9. The van der Waals surface area contributed by atoms with Crippen LogP contribution in [0.3, 0.4) is 0 Å². The van der Waals surface area contributed by atoms with Crippen molar-refractivity contribution in [3.63, 3.8) is 0 Å². The molecular formula is C39H45NO4. The van der Waals surface area contributed by atoms with Crippen molar-refractivity contribution in [3.05, 3.63) is 124 Å². The van der Waals surface area contributed by atoms with E-state index < -0.39 is 6.10 Å². The zero-order chi connectivity index (χ0) is 30.9. The van der Waals surface area contributed by atoms with Gasteiger partial charge >= 0.3 is 5.97 Å². The lowest BCUT2D eigenvalue weighted by molar-refractivity contribution is -0.156. The SMILES string of the molecule is CCOC(=O)C(Cc1ccc(OCCN(C)C2c3ccc(CC)cc3CCc3ccc(-c4ccccc4)cc32)cc1)OCC. The van der Waals surface area contributed by atoms with E-state index >= 15 is 0 Å². The van der Waals surface area contributed by atoms with Crippen LogP contribution in [0.15, 0.2) is 91.0 Å². The molecule has 5 heteroatoms. The number of ether oxygens (including phenoxy) is 3. The molecule has 0 fully saturated rings. The largest absolute Gasteiger partial charge is 0.492 e. The molecule has 4 aromatic rings. The Morgan fingerprint density at radius 2 is 1.55 bits per heavy atom. The van der Waals surface area contributed by atoms with Crippen LogP contribution in [0.2, 0.25) is 0 Å². The van der Waals surface area contributed by atoms with Gasteiger partial charge in [0.1, 0.15) is 12.4 Å². The molecule has 2 unspecified atom stereocenters. The predicted molar refractivity (Wildman–Crippen MR) is 177 cm³/mol. The fourth-order valence-corrected chi connectivity index (χ4v) is 6.18. The lowest BCUT2D eigenvalue weighted by Crippen LogP contribution is -2.30. The summed E-state index contributed by atoms with van der Waals surface area (Å²) in [6, 6.07) is 32.8. The maximum absolute atomic E-state index is 12.3. The summed E-state index contributed by atoms with van der Waals surface area (Å²) >= 11 is 0. The average molecular weight is 592 g/mol. The molecule has 1 aliphatic carbocycles. The smallest absolute Gasteiger partial charge is 0.335 e. The minimum atomic E-state index is -0.596. The second-order valence-electron chi connectivity index (χ2n) is 11.4. The second-order valence-corrected chi connectivity index (χ2v) is 11.4. The zero-order valence-corrected chi connectivity index (χ0v) is 26.6. The number of hydrogen-bond acceptors (Lipinski definition) is 5. The minimum Gasteiger partial charge on any atom is -0.492 e. The van der Waals surface area contributed by atoms with Crippen molar-refractivity contribution >= 4 is 5.97 Å². The standard InChI is InChI=1S/C39H45NO4/c1-5-28-15-22-35-33(25-28)19-17-31-16-18-32(30-11-9-8-10-12-30)27-36(31)38(35)40(4)23-24-44-34-20-13-29(14-21-34)26-37(42-6-2)39(41)43-7-3/h8-16,18,20-22,25,27,37-38H,5-7,17,19,23-24,26H2,1-4H3. The summed E-state index contributed by atoms with van der Waals surface area (Å²) in [7, 11) is 2.21. The van der Waals surface area contributed by atoms with E-state index in [0.29, 0.717) is 26.2 Å². The maximum Gasteiger partial charge on any atom is 0.335 e. The van der Waals surface area contributed by atoms with E-state index in [1.807, 2.05) is 38.1 Å². The molecule has 5 rings (SSSR count). The van der Waals surface area contributed by atoms with Crippen molar-refractivity contribution in [1.82, 2.24) is 4.90 Å². The Balaban J connectivity index is 1.32. The first kappa shape index (κ1) is 31.5. The van der Waals surface area contributed by atoms with E-state index in [4.69, 9.17) is 14.2 Å². The van der Waals surface area contributed by atoms with Crippen LogP contribution in [0.25, 0.3) is 11.1 Å². The number of esters is 1. The zero-order valence-electron chi connectivity index (χ0n) is 26.6. The van der Waals surface area contributed by atoms with Gasteiger partial charge in [0.25, 0.3) is 0 Å². The molecule has 0 saturated heterocycles. The summed E-state index contributed by atoms with van der Waals surface area (Å²) in [5.74, 6) is 0.494. The van der Waals surface area contributed by atoms with Crippen LogP contribution in [0.4, 0.5) is 0 Å². The highest BCUT2D eigenvalue weighted by Gasteiger charge is 2.28. The number of carbonyl (C=O) groups excluding carboxylic acids is 1. The van der Waals surface area contributed by atoms with Crippen LogP contribution in [-0.2, 0) is 40.0 Å². The summed E-state index contributed by atoms with van der Waals surface area (Å²) in [6.45, 7) is 8.05. The van der Waals surface area contributed by atoms with Gasteiger partial charge in [-0.05, 0) is 103 Å². The highest BCUT2D eigenvalue weighted by molar-refractivity contribution is 5.75. The van der Waals surface area contributed by atoms with Gasteiger partial charge in [-0.25, -0.2) is 4.79 Å². The van der Waals surface area contributed by atoms with Gasteiger partial charge < -0.3 is 14.2 Å². The third-order valence-electron chi connectivity index (χ3n) is 8.54. The molecule has 0 radical (unpaired) electrons. The fourth-order valence-electron chi connectivity index (χ4n) is 6.18. The summed E-state index contributed by atoms with van der Waals surface area (Å²) in [4.78, 5) is 14.7. The van der Waals surface area contributed by atoms with E-state index in [2.05, 4.69) is 85.6 Å². The Bertz CT molecular complexity index is 1520. The fraction of sp³-hybridized carbons (Fsp3) is 0.359. The number of rotatable bonds is 13. The highest BCUT2D eigenvalue weighted by atomic mass is 16.6. The molecule has 0 saturated carbocycles. The van der Waals surface area contributed by atoms with E-state index in [0.717, 1.165) is 37.1 Å². The quantitative estimate of drug-likeness (QED) is 0.150. The summed E-state index contributed by atoms with van der Waals surface area (Å²) < 4.78 is 17.0. The first-order chi connectivity index (χ1) is 21.5. The monoisotopic (exact) mass is 591 g/mol. The Morgan fingerprint density at radius 3 is 2.27 bits per heavy atom. The molecule has 0 aliphatic heterocycles. The summed E-state index contributed by atoms with van der Waals surface area (Å²) in [5, 5.41) is 0. The van der Waals surface area contributed by atoms with Gasteiger partial charge in [0.05, 0.1) is 12.6 Å². The molecule has 0 aromatic heterocycles. The normalized spacial score (nSPS) is 14.8. The maximum atomic E-state index is 12.3. The van der Waals surface area contributed by atoms with Gasteiger partial charge in [-0.1, -0.05) is 79.7 Å². The van der Waals surface area contributed by atoms with Crippen LogP contribution in [0, 0.1) is 0 Å². The van der Waals surface area contributed by atoms with E-state index in [1.165, 1.54) is 38.9 Å². The van der Waals surface area contributed by atoms with Crippen molar-refractivity contribution in [3.8, 4) is 16.9 Å². The number of carbonyl (C=O) groups is 1. The molecule has 5 nitrogen and oxygen atoms in total. The van der Waals surface area contributed by atoms with Gasteiger partial charge in [0.15, 0.2) is 6.10 Å². The molecule has 44 heavy (non-hydrogen) atoms. The Hall–Kier alpha value is -3.93. The first-order valence-electron chi connectivity index (χ1n) is 16.0. The van der Waals surface area contributed by atoms with Gasteiger partial charge in [0, 0.05) is 19.6 Å². The number of benzene rings is 4. The van der Waals surface area contributed by atoms with Crippen LogP contribution in [-0.4, -0.2) is 50.4 Å². The van der Waals surface area contributed by atoms with Gasteiger partial charge in [0.2, 0.25) is 0 Å². The van der Waals surface area contributed by atoms with Crippen molar-refractivity contribution in [1.29, 1.82) is 0 Å². The number of nitrogens with zero attached hydrogens (tertiary/aromatic N) is 1. The van der Waals surface area contributed by atoms with Crippen LogP contribution in [0.1, 0.15) is 60.2 Å². The van der Waals surface area contributed by atoms with Crippen molar-refractivity contribution in [2.75, 3.05) is 33.4 Å². The minimum absolute atomic E-state index is 0.140. The van der Waals surface area contributed by atoms with Gasteiger partial charge in [-0.15, -0.1) is 0 Å². The molecule has 0 heterocycles. The third kappa shape index (κ3) is 7.58. The molecule has 0 spiro atoms.